The number of aryl methyl sites for hydroxylation is 2. The molecule has 9 heteroatoms. The van der Waals surface area contributed by atoms with Gasteiger partial charge in [-0.2, -0.15) is 0 Å². The minimum Gasteiger partial charge on any atom is -0.489 e. The van der Waals surface area contributed by atoms with Gasteiger partial charge in [0.05, 0.1) is 35.6 Å². The van der Waals surface area contributed by atoms with Gasteiger partial charge in [-0.1, -0.05) is 5.16 Å². The van der Waals surface area contributed by atoms with Crippen LogP contribution in [0.25, 0.3) is 11.5 Å². The first-order valence-electron chi connectivity index (χ1n) is 10.5. The highest BCUT2D eigenvalue weighted by molar-refractivity contribution is 5.86. The van der Waals surface area contributed by atoms with Gasteiger partial charge in [0, 0.05) is 6.07 Å². The highest BCUT2D eigenvalue weighted by atomic mass is 16.6. The van der Waals surface area contributed by atoms with E-state index in [2.05, 4.69) is 25.8 Å². The maximum atomic E-state index is 12.1. The van der Waals surface area contributed by atoms with Crippen LogP contribution in [0.4, 0.5) is 21.9 Å². The number of amides is 1. The van der Waals surface area contributed by atoms with Crippen molar-refractivity contribution >= 4 is 23.2 Å². The first-order chi connectivity index (χ1) is 15.2. The number of nitrogens with zero attached hydrogens (tertiary/aromatic N) is 3. The van der Waals surface area contributed by atoms with E-state index in [4.69, 9.17) is 14.0 Å². The average molecular weight is 438 g/mol. The van der Waals surface area contributed by atoms with E-state index in [1.54, 1.807) is 31.5 Å². The van der Waals surface area contributed by atoms with Crippen molar-refractivity contribution in [3.05, 3.63) is 42.0 Å². The average Bonchev–Trinajstić information content (AvgIpc) is 3.44. The first-order valence-corrected chi connectivity index (χ1v) is 10.5. The van der Waals surface area contributed by atoms with Crippen LogP contribution >= 0.6 is 0 Å². The van der Waals surface area contributed by atoms with Crippen LogP contribution in [0, 0.1) is 13.8 Å². The number of pyridine rings is 2. The summed E-state index contributed by atoms with van der Waals surface area (Å²) < 4.78 is 16.7. The van der Waals surface area contributed by atoms with Crippen molar-refractivity contribution in [3.63, 3.8) is 0 Å². The summed E-state index contributed by atoms with van der Waals surface area (Å²) in [6.45, 7) is 9.08. The van der Waals surface area contributed by atoms with Crippen molar-refractivity contribution in [2.75, 3.05) is 10.6 Å². The number of ether oxygens (including phenoxy) is 2. The molecular formula is C23H27N5O4. The van der Waals surface area contributed by atoms with Crippen molar-refractivity contribution in [1.29, 1.82) is 0 Å². The second-order valence-corrected chi connectivity index (χ2v) is 8.78. The van der Waals surface area contributed by atoms with Gasteiger partial charge in [-0.25, -0.2) is 9.78 Å². The van der Waals surface area contributed by atoms with Gasteiger partial charge >= 0.3 is 6.09 Å². The van der Waals surface area contributed by atoms with Gasteiger partial charge in [-0.15, -0.1) is 0 Å². The highest BCUT2D eigenvalue weighted by Crippen LogP contribution is 2.34. The first kappa shape index (κ1) is 21.6. The summed E-state index contributed by atoms with van der Waals surface area (Å²) in [6, 6.07) is 5.42. The van der Waals surface area contributed by atoms with E-state index in [0.717, 1.165) is 24.3 Å². The SMILES string of the molecule is Cc1nc(-c2onc(C)c2Nc2cncc(OC3CC3)c2)ccc1NC(=O)OC(C)(C)C. The molecule has 0 unspecified atom stereocenters. The Morgan fingerprint density at radius 1 is 1.16 bits per heavy atom. The summed E-state index contributed by atoms with van der Waals surface area (Å²) in [5, 5.41) is 10.1. The van der Waals surface area contributed by atoms with Crippen molar-refractivity contribution in [1.82, 2.24) is 15.1 Å². The normalized spacial score (nSPS) is 13.5. The zero-order chi connectivity index (χ0) is 22.9. The summed E-state index contributed by atoms with van der Waals surface area (Å²) in [5.74, 6) is 1.21. The second kappa shape index (κ2) is 8.49. The lowest BCUT2D eigenvalue weighted by molar-refractivity contribution is 0.0635. The largest absolute Gasteiger partial charge is 0.489 e. The van der Waals surface area contributed by atoms with Gasteiger partial charge in [0.2, 0.25) is 5.76 Å². The quantitative estimate of drug-likeness (QED) is 0.529. The van der Waals surface area contributed by atoms with Crippen LogP contribution in [-0.4, -0.2) is 32.9 Å². The summed E-state index contributed by atoms with van der Waals surface area (Å²) >= 11 is 0. The van der Waals surface area contributed by atoms with Crippen LogP contribution in [0.15, 0.2) is 35.1 Å². The third-order valence-corrected chi connectivity index (χ3v) is 4.63. The zero-order valence-corrected chi connectivity index (χ0v) is 18.9. The van der Waals surface area contributed by atoms with E-state index in [9.17, 15) is 4.79 Å². The lowest BCUT2D eigenvalue weighted by Gasteiger charge is -2.20. The molecule has 0 atom stereocenters. The molecule has 0 saturated heterocycles. The van der Waals surface area contributed by atoms with Crippen LogP contribution in [0.5, 0.6) is 5.75 Å². The molecule has 0 spiro atoms. The van der Waals surface area contributed by atoms with Crippen LogP contribution in [0.1, 0.15) is 45.0 Å². The maximum absolute atomic E-state index is 12.1. The number of hydrogen-bond acceptors (Lipinski definition) is 8. The van der Waals surface area contributed by atoms with Crippen molar-refractivity contribution in [2.45, 2.75) is 59.2 Å². The summed E-state index contributed by atoms with van der Waals surface area (Å²) in [7, 11) is 0. The van der Waals surface area contributed by atoms with Crippen molar-refractivity contribution in [2.24, 2.45) is 0 Å². The Morgan fingerprint density at radius 3 is 2.62 bits per heavy atom. The molecule has 2 N–H and O–H groups in total. The van der Waals surface area contributed by atoms with Crippen molar-refractivity contribution in [3.8, 4) is 17.2 Å². The van der Waals surface area contributed by atoms with Gasteiger partial charge in [-0.3, -0.25) is 10.3 Å². The van der Waals surface area contributed by atoms with E-state index in [1.807, 2.05) is 33.8 Å². The number of aromatic nitrogens is 3. The lowest BCUT2D eigenvalue weighted by atomic mass is 10.2. The van der Waals surface area contributed by atoms with Gasteiger partial charge in [-0.05, 0) is 59.6 Å². The molecule has 0 aromatic carbocycles. The summed E-state index contributed by atoms with van der Waals surface area (Å²) in [4.78, 5) is 20.9. The summed E-state index contributed by atoms with van der Waals surface area (Å²) in [5.41, 5.74) is 3.31. The Morgan fingerprint density at radius 2 is 1.94 bits per heavy atom. The molecule has 1 amide bonds. The number of nitrogens with one attached hydrogen (secondary N) is 2. The Labute approximate surface area is 186 Å². The van der Waals surface area contributed by atoms with Gasteiger partial charge in [0.15, 0.2) is 0 Å². The molecule has 0 bridgehead atoms. The van der Waals surface area contributed by atoms with Crippen LogP contribution < -0.4 is 15.4 Å². The smallest absolute Gasteiger partial charge is 0.412 e. The van der Waals surface area contributed by atoms with Crippen LogP contribution in [-0.2, 0) is 4.74 Å². The molecule has 3 aromatic heterocycles. The van der Waals surface area contributed by atoms with E-state index < -0.39 is 11.7 Å². The second-order valence-electron chi connectivity index (χ2n) is 8.78. The predicted molar refractivity (Wildman–Crippen MR) is 120 cm³/mol. The number of carbonyl (C=O) groups excluding carboxylic acids is 1. The van der Waals surface area contributed by atoms with E-state index in [0.29, 0.717) is 40.3 Å². The molecule has 1 aliphatic carbocycles. The number of rotatable bonds is 6. The van der Waals surface area contributed by atoms with E-state index in [1.165, 1.54) is 0 Å². The third-order valence-electron chi connectivity index (χ3n) is 4.63. The molecule has 32 heavy (non-hydrogen) atoms. The molecular weight excluding hydrogens is 410 g/mol. The number of hydrogen-bond donors (Lipinski definition) is 2. The van der Waals surface area contributed by atoms with E-state index in [-0.39, 0.29) is 0 Å². The molecule has 9 nitrogen and oxygen atoms in total. The summed E-state index contributed by atoms with van der Waals surface area (Å²) in [6.07, 6.45) is 5.33. The Balaban J connectivity index is 1.53. The highest BCUT2D eigenvalue weighted by Gasteiger charge is 2.24. The van der Waals surface area contributed by atoms with Gasteiger partial charge in [0.1, 0.15) is 28.4 Å². The monoisotopic (exact) mass is 437 g/mol. The molecule has 168 valence electrons. The topological polar surface area (TPSA) is 111 Å². The molecule has 0 radical (unpaired) electrons. The van der Waals surface area contributed by atoms with Gasteiger partial charge in [0.25, 0.3) is 0 Å². The number of anilines is 3. The van der Waals surface area contributed by atoms with Crippen molar-refractivity contribution < 1.29 is 18.8 Å². The fourth-order valence-electron chi connectivity index (χ4n) is 3.00. The number of carbonyl (C=O) groups is 1. The minimum atomic E-state index is -0.584. The fraction of sp³-hybridized carbons (Fsp3) is 0.391. The maximum Gasteiger partial charge on any atom is 0.412 e. The Kier molecular flexibility index (Phi) is 5.73. The lowest BCUT2D eigenvalue weighted by Crippen LogP contribution is -2.27. The van der Waals surface area contributed by atoms with Crippen LogP contribution in [0.2, 0.25) is 0 Å². The molecule has 3 heterocycles. The van der Waals surface area contributed by atoms with Gasteiger partial charge < -0.3 is 19.3 Å². The molecule has 0 aliphatic heterocycles. The minimum absolute atomic E-state index is 0.292. The Hall–Kier alpha value is -3.62. The predicted octanol–water partition coefficient (Wildman–Crippen LogP) is 5.38. The molecule has 4 rings (SSSR count). The molecule has 1 saturated carbocycles. The Bertz CT molecular complexity index is 1130. The fourth-order valence-corrected chi connectivity index (χ4v) is 3.00. The molecule has 3 aromatic rings. The molecule has 1 fully saturated rings. The van der Waals surface area contributed by atoms with E-state index >= 15 is 0 Å². The zero-order valence-electron chi connectivity index (χ0n) is 18.9. The molecule has 1 aliphatic rings. The van der Waals surface area contributed by atoms with Crippen LogP contribution in [0.3, 0.4) is 0 Å². The third kappa shape index (κ3) is 5.35. The standard InChI is InChI=1S/C23H27N5O4/c1-13-18(27-22(29)31-23(3,4)5)8-9-19(25-13)21-20(14(2)28-32-21)26-15-10-17(12-24-11-15)30-16-6-7-16/h8-12,16,26H,6-7H2,1-5H3,(H,27,29).